The van der Waals surface area contributed by atoms with E-state index in [1.807, 2.05) is 12.1 Å². The van der Waals surface area contributed by atoms with Gasteiger partial charge in [0.2, 0.25) is 0 Å². The molecule has 0 radical (unpaired) electrons. The van der Waals surface area contributed by atoms with Crippen LogP contribution < -0.4 is 10.6 Å². The molecule has 3 fully saturated rings. The molecule has 4 rings (SSSR count). The summed E-state index contributed by atoms with van der Waals surface area (Å²) in [5, 5.41) is 6.34. The maximum absolute atomic E-state index is 13.1. The summed E-state index contributed by atoms with van der Waals surface area (Å²) in [5.41, 5.74) is 1.79. The number of hydrogen-bond donors (Lipinski definition) is 2. The molecule has 0 saturated heterocycles. The zero-order valence-electron chi connectivity index (χ0n) is 20.0. The van der Waals surface area contributed by atoms with Gasteiger partial charge in [-0.15, -0.1) is 0 Å². The van der Waals surface area contributed by atoms with Crippen LogP contribution in [-0.2, 0) is 11.2 Å². The number of hydrogen-bond acceptors (Lipinski definition) is 3. The van der Waals surface area contributed by atoms with E-state index < -0.39 is 0 Å². The molecule has 0 atom stereocenters. The van der Waals surface area contributed by atoms with Crippen LogP contribution in [0.5, 0.6) is 0 Å². The molecule has 0 spiro atoms. The number of nitrogens with one attached hydrogen (secondary N) is 2. The normalized spacial score (nSPS) is 20.8. The number of rotatable bonds is 7. The molecule has 5 nitrogen and oxygen atoms in total. The monoisotopic (exact) mass is 452 g/mol. The first kappa shape index (κ1) is 24.0. The topological polar surface area (TPSA) is 75.3 Å². The van der Waals surface area contributed by atoms with Crippen molar-refractivity contribution in [2.45, 2.75) is 115 Å². The van der Waals surface area contributed by atoms with Crippen molar-refractivity contribution in [1.82, 2.24) is 10.6 Å². The predicted octanol–water partition coefficient (Wildman–Crippen LogP) is 5.50. The highest BCUT2D eigenvalue weighted by Gasteiger charge is 2.24. The largest absolute Gasteiger partial charge is 0.349 e. The first-order valence-corrected chi connectivity index (χ1v) is 13.4. The van der Waals surface area contributed by atoms with E-state index in [1.165, 1.54) is 19.3 Å². The maximum atomic E-state index is 13.1. The van der Waals surface area contributed by atoms with Crippen LogP contribution in [0, 0.1) is 5.92 Å². The summed E-state index contributed by atoms with van der Waals surface area (Å²) in [5.74, 6) is 0.123. The zero-order valence-corrected chi connectivity index (χ0v) is 20.0. The van der Waals surface area contributed by atoms with E-state index in [1.54, 1.807) is 6.07 Å². The van der Waals surface area contributed by atoms with E-state index in [2.05, 4.69) is 10.6 Å². The summed E-state index contributed by atoms with van der Waals surface area (Å²) in [6, 6.07) is 5.79. The van der Waals surface area contributed by atoms with Gasteiger partial charge in [-0.25, -0.2) is 0 Å². The fourth-order valence-corrected chi connectivity index (χ4v) is 5.86. The van der Waals surface area contributed by atoms with E-state index in [-0.39, 0.29) is 35.6 Å². The van der Waals surface area contributed by atoms with Crippen LogP contribution in [0.25, 0.3) is 0 Å². The van der Waals surface area contributed by atoms with Crippen LogP contribution in [0.3, 0.4) is 0 Å². The average molecular weight is 453 g/mol. The van der Waals surface area contributed by atoms with Gasteiger partial charge in [0.1, 0.15) is 5.78 Å². The van der Waals surface area contributed by atoms with E-state index in [4.69, 9.17) is 0 Å². The highest BCUT2D eigenvalue weighted by molar-refractivity contribution is 6.00. The molecular formula is C28H40N2O3. The van der Waals surface area contributed by atoms with Crippen molar-refractivity contribution in [1.29, 1.82) is 0 Å². The minimum atomic E-state index is -0.124. The van der Waals surface area contributed by atoms with Crippen LogP contribution in [0.15, 0.2) is 18.2 Å². The fraction of sp³-hybridized carbons (Fsp3) is 0.679. The molecule has 3 aliphatic rings. The minimum absolute atomic E-state index is 0.123. The highest BCUT2D eigenvalue weighted by atomic mass is 16.2. The van der Waals surface area contributed by atoms with Crippen molar-refractivity contribution in [3.63, 3.8) is 0 Å². The molecule has 180 valence electrons. The van der Waals surface area contributed by atoms with Crippen molar-refractivity contribution in [3.05, 3.63) is 34.9 Å². The molecule has 2 N–H and O–H groups in total. The smallest absolute Gasteiger partial charge is 0.251 e. The molecule has 0 aromatic heterocycles. The Kier molecular flexibility index (Phi) is 8.57. The quantitative estimate of drug-likeness (QED) is 0.573. The zero-order chi connectivity index (χ0) is 23.0. The van der Waals surface area contributed by atoms with Gasteiger partial charge in [0.15, 0.2) is 0 Å². The van der Waals surface area contributed by atoms with Crippen LogP contribution in [0.1, 0.15) is 123 Å². The minimum Gasteiger partial charge on any atom is -0.349 e. The number of ketones is 1. The number of carbonyl (C=O) groups excluding carboxylic acids is 3. The van der Waals surface area contributed by atoms with E-state index in [9.17, 15) is 14.4 Å². The Labute approximate surface area is 198 Å². The summed E-state index contributed by atoms with van der Waals surface area (Å²) in [7, 11) is 0. The van der Waals surface area contributed by atoms with E-state index in [0.29, 0.717) is 17.5 Å². The molecule has 0 aliphatic heterocycles. The first-order chi connectivity index (χ1) is 16.1. The summed E-state index contributed by atoms with van der Waals surface area (Å²) in [6.45, 7) is 0. The predicted molar refractivity (Wildman–Crippen MR) is 130 cm³/mol. The van der Waals surface area contributed by atoms with Crippen LogP contribution in [0.4, 0.5) is 0 Å². The molecule has 0 bridgehead atoms. The second kappa shape index (κ2) is 11.8. The SMILES string of the molecule is O=C(NC1CCCCC1)c1cc(CC(=O)C2CCCCC2)cc(C(=O)NC2CCCCC2)c1. The maximum Gasteiger partial charge on any atom is 0.251 e. The summed E-state index contributed by atoms with van der Waals surface area (Å²) < 4.78 is 0. The lowest BCUT2D eigenvalue weighted by molar-refractivity contribution is -0.123. The molecule has 3 saturated carbocycles. The van der Waals surface area contributed by atoms with E-state index >= 15 is 0 Å². The van der Waals surface area contributed by atoms with Gasteiger partial charge in [-0.1, -0.05) is 57.8 Å². The van der Waals surface area contributed by atoms with Crippen LogP contribution in [-0.4, -0.2) is 29.7 Å². The number of benzene rings is 1. The van der Waals surface area contributed by atoms with Crippen LogP contribution >= 0.6 is 0 Å². The molecule has 0 heterocycles. The average Bonchev–Trinajstić information content (AvgIpc) is 2.85. The van der Waals surface area contributed by atoms with Crippen molar-refractivity contribution >= 4 is 17.6 Å². The first-order valence-electron chi connectivity index (χ1n) is 13.4. The fourth-order valence-electron chi connectivity index (χ4n) is 5.86. The summed E-state index contributed by atoms with van der Waals surface area (Å²) >= 11 is 0. The third-order valence-corrected chi connectivity index (χ3v) is 7.84. The Morgan fingerprint density at radius 3 is 1.48 bits per heavy atom. The van der Waals surface area contributed by atoms with Crippen molar-refractivity contribution in [2.24, 2.45) is 5.92 Å². The Morgan fingerprint density at radius 2 is 1.03 bits per heavy atom. The standard InChI is InChI=1S/C28H40N2O3/c31-26(21-10-4-1-5-11-21)18-20-16-22(27(32)29-24-12-6-2-7-13-24)19-23(17-20)28(33)30-25-14-8-3-9-15-25/h16-17,19,21,24-25H,1-15,18H2,(H,29,32)(H,30,33). The molecule has 1 aromatic rings. The van der Waals surface area contributed by atoms with Gasteiger partial charge in [0.25, 0.3) is 11.8 Å². The molecule has 0 unspecified atom stereocenters. The molecule has 2 amide bonds. The van der Waals surface area contributed by atoms with Crippen LogP contribution in [0.2, 0.25) is 0 Å². The number of Topliss-reactive ketones (excluding diaryl/α,β-unsaturated/α-hetero) is 1. The lowest BCUT2D eigenvalue weighted by atomic mass is 9.84. The summed E-state index contributed by atoms with van der Waals surface area (Å²) in [6.07, 6.45) is 16.8. The van der Waals surface area contributed by atoms with Gasteiger partial charge in [-0.2, -0.15) is 0 Å². The van der Waals surface area contributed by atoms with Crippen molar-refractivity contribution in [2.75, 3.05) is 0 Å². The third kappa shape index (κ3) is 6.91. The van der Waals surface area contributed by atoms with Gasteiger partial charge in [-0.05, 0) is 62.3 Å². The molecule has 5 heteroatoms. The number of carbonyl (C=O) groups is 3. The van der Waals surface area contributed by atoms with E-state index in [0.717, 1.165) is 82.6 Å². The van der Waals surface area contributed by atoms with Gasteiger partial charge in [-0.3, -0.25) is 14.4 Å². The summed E-state index contributed by atoms with van der Waals surface area (Å²) in [4.78, 5) is 39.1. The van der Waals surface area contributed by atoms with Gasteiger partial charge < -0.3 is 10.6 Å². The highest BCUT2D eigenvalue weighted by Crippen LogP contribution is 2.26. The Hall–Kier alpha value is -2.17. The van der Waals surface area contributed by atoms with Crippen molar-refractivity contribution in [3.8, 4) is 0 Å². The number of amides is 2. The lowest BCUT2D eigenvalue weighted by Crippen LogP contribution is -2.37. The lowest BCUT2D eigenvalue weighted by Gasteiger charge is -2.24. The molecule has 33 heavy (non-hydrogen) atoms. The van der Waals surface area contributed by atoms with Gasteiger partial charge >= 0.3 is 0 Å². The Morgan fingerprint density at radius 1 is 0.606 bits per heavy atom. The second-order valence-electron chi connectivity index (χ2n) is 10.5. The molecule has 1 aromatic carbocycles. The van der Waals surface area contributed by atoms with Gasteiger partial charge in [0.05, 0.1) is 0 Å². The Bertz CT molecular complexity index is 781. The molecule has 3 aliphatic carbocycles. The Balaban J connectivity index is 1.51. The molecular weight excluding hydrogens is 412 g/mol. The van der Waals surface area contributed by atoms with Gasteiger partial charge in [0, 0.05) is 35.5 Å². The van der Waals surface area contributed by atoms with Crippen molar-refractivity contribution < 1.29 is 14.4 Å². The second-order valence-corrected chi connectivity index (χ2v) is 10.5. The third-order valence-electron chi connectivity index (χ3n) is 7.84.